The van der Waals surface area contributed by atoms with E-state index in [-0.39, 0.29) is 5.91 Å². The maximum absolute atomic E-state index is 12.3. The van der Waals surface area contributed by atoms with E-state index in [1.807, 2.05) is 0 Å². The number of nitrogens with two attached hydrogens (primary N) is 1. The quantitative estimate of drug-likeness (QED) is 0.713. The Morgan fingerprint density at radius 3 is 2.52 bits per heavy atom. The number of piperazine rings is 1. The number of rotatable bonds is 7. The Morgan fingerprint density at radius 2 is 2.00 bits per heavy atom. The SMILES string of the molecule is CCC1CN(CC(NC2CC2)(C(N)=O)C2CC2)CCN1C. The molecular formula is C16H30N4O. The Labute approximate surface area is 128 Å². The molecule has 5 nitrogen and oxygen atoms in total. The van der Waals surface area contributed by atoms with E-state index < -0.39 is 5.54 Å². The first-order valence-corrected chi connectivity index (χ1v) is 8.55. The normalized spacial score (nSPS) is 31.0. The summed E-state index contributed by atoms with van der Waals surface area (Å²) in [6.07, 6.45) is 5.85. The fourth-order valence-corrected chi connectivity index (χ4v) is 3.76. The lowest BCUT2D eigenvalue weighted by Crippen LogP contribution is -2.66. The largest absolute Gasteiger partial charge is 0.368 e. The second-order valence-electron chi connectivity index (χ2n) is 7.31. The molecule has 5 heteroatoms. The van der Waals surface area contributed by atoms with Gasteiger partial charge in [0.1, 0.15) is 5.54 Å². The number of amides is 1. The van der Waals surface area contributed by atoms with Gasteiger partial charge < -0.3 is 10.6 Å². The summed E-state index contributed by atoms with van der Waals surface area (Å²) < 4.78 is 0. The van der Waals surface area contributed by atoms with Crippen LogP contribution in [0.5, 0.6) is 0 Å². The molecule has 0 bridgehead atoms. The summed E-state index contributed by atoms with van der Waals surface area (Å²) in [7, 11) is 2.20. The highest BCUT2D eigenvalue weighted by atomic mass is 16.1. The molecule has 2 unspecified atom stereocenters. The van der Waals surface area contributed by atoms with Crippen LogP contribution >= 0.6 is 0 Å². The third kappa shape index (κ3) is 3.25. The van der Waals surface area contributed by atoms with Gasteiger partial charge >= 0.3 is 0 Å². The molecule has 3 fully saturated rings. The van der Waals surface area contributed by atoms with Crippen LogP contribution in [0.4, 0.5) is 0 Å². The highest BCUT2D eigenvalue weighted by molar-refractivity contribution is 5.86. The average molecular weight is 294 g/mol. The second kappa shape index (κ2) is 5.86. The Kier molecular flexibility index (Phi) is 4.26. The second-order valence-corrected chi connectivity index (χ2v) is 7.31. The highest BCUT2D eigenvalue weighted by Crippen LogP contribution is 2.42. The van der Waals surface area contributed by atoms with Crippen molar-refractivity contribution in [2.75, 3.05) is 33.2 Å². The zero-order chi connectivity index (χ0) is 15.0. The summed E-state index contributed by atoms with van der Waals surface area (Å²) in [4.78, 5) is 17.2. The van der Waals surface area contributed by atoms with Crippen LogP contribution in [0.15, 0.2) is 0 Å². The topological polar surface area (TPSA) is 61.6 Å². The van der Waals surface area contributed by atoms with Crippen LogP contribution in [0.2, 0.25) is 0 Å². The van der Waals surface area contributed by atoms with Gasteiger partial charge in [-0.2, -0.15) is 0 Å². The number of hydrogen-bond donors (Lipinski definition) is 2. The van der Waals surface area contributed by atoms with Crippen LogP contribution in [-0.2, 0) is 4.79 Å². The summed E-state index contributed by atoms with van der Waals surface area (Å²) in [5.41, 5.74) is 5.38. The van der Waals surface area contributed by atoms with Crippen molar-refractivity contribution in [3.05, 3.63) is 0 Å². The summed E-state index contributed by atoms with van der Waals surface area (Å²) >= 11 is 0. The molecule has 3 N–H and O–H groups in total. The summed E-state index contributed by atoms with van der Waals surface area (Å²) in [5.74, 6) is 0.319. The van der Waals surface area contributed by atoms with Gasteiger partial charge in [-0.15, -0.1) is 0 Å². The van der Waals surface area contributed by atoms with Gasteiger partial charge in [0.2, 0.25) is 5.91 Å². The van der Waals surface area contributed by atoms with Crippen LogP contribution in [0.25, 0.3) is 0 Å². The van der Waals surface area contributed by atoms with Gasteiger partial charge in [-0.1, -0.05) is 6.92 Å². The van der Waals surface area contributed by atoms with Crippen molar-refractivity contribution in [1.29, 1.82) is 0 Å². The number of nitrogens with one attached hydrogen (secondary N) is 1. The molecule has 2 saturated carbocycles. The van der Waals surface area contributed by atoms with E-state index in [1.165, 1.54) is 12.8 Å². The van der Waals surface area contributed by atoms with Gasteiger partial charge in [-0.05, 0) is 45.1 Å². The van der Waals surface area contributed by atoms with Crippen LogP contribution in [0.1, 0.15) is 39.0 Å². The molecule has 2 aliphatic carbocycles. The zero-order valence-corrected chi connectivity index (χ0v) is 13.5. The maximum Gasteiger partial charge on any atom is 0.239 e. The number of primary amides is 1. The van der Waals surface area contributed by atoms with Gasteiger partial charge in [0.25, 0.3) is 0 Å². The minimum absolute atomic E-state index is 0.135. The number of nitrogens with zero attached hydrogens (tertiary/aromatic N) is 2. The summed E-state index contributed by atoms with van der Waals surface area (Å²) in [5, 5.41) is 3.63. The van der Waals surface area contributed by atoms with E-state index in [4.69, 9.17) is 5.73 Å². The standard InChI is InChI=1S/C16H30N4O/c1-3-14-10-20(9-8-19(14)2)11-16(15(17)21,12-4-5-12)18-13-6-7-13/h12-14,18H,3-11H2,1-2H3,(H2,17,21). The van der Waals surface area contributed by atoms with Crippen LogP contribution in [0, 0.1) is 5.92 Å². The van der Waals surface area contributed by atoms with Crippen molar-refractivity contribution < 1.29 is 4.79 Å². The first kappa shape index (κ1) is 15.3. The van der Waals surface area contributed by atoms with Crippen LogP contribution < -0.4 is 11.1 Å². The minimum atomic E-state index is -0.477. The third-order valence-electron chi connectivity index (χ3n) is 5.56. The first-order valence-electron chi connectivity index (χ1n) is 8.55. The smallest absolute Gasteiger partial charge is 0.239 e. The van der Waals surface area contributed by atoms with Crippen molar-refractivity contribution in [3.8, 4) is 0 Å². The molecule has 3 aliphatic rings. The predicted octanol–water partition coefficient (Wildman–Crippen LogP) is 0.399. The molecule has 1 aliphatic heterocycles. The molecule has 3 rings (SSSR count). The van der Waals surface area contributed by atoms with Crippen molar-refractivity contribution in [1.82, 2.24) is 15.1 Å². The predicted molar refractivity (Wildman–Crippen MR) is 84.0 cm³/mol. The molecule has 1 saturated heterocycles. The maximum atomic E-state index is 12.3. The molecule has 0 aromatic heterocycles. The van der Waals surface area contributed by atoms with Crippen molar-refractivity contribution >= 4 is 5.91 Å². The number of likely N-dealkylation sites (N-methyl/N-ethyl adjacent to an activating group) is 1. The lowest BCUT2D eigenvalue weighted by molar-refractivity contribution is -0.126. The van der Waals surface area contributed by atoms with E-state index in [9.17, 15) is 4.79 Å². The van der Waals surface area contributed by atoms with E-state index >= 15 is 0 Å². The highest BCUT2D eigenvalue weighted by Gasteiger charge is 2.52. The van der Waals surface area contributed by atoms with Crippen molar-refractivity contribution in [2.45, 2.75) is 56.7 Å². The average Bonchev–Trinajstić information content (AvgIpc) is 3.32. The molecule has 0 aromatic rings. The van der Waals surface area contributed by atoms with Gasteiger partial charge in [0.05, 0.1) is 0 Å². The minimum Gasteiger partial charge on any atom is -0.368 e. The molecule has 1 heterocycles. The van der Waals surface area contributed by atoms with E-state index in [1.54, 1.807) is 0 Å². The van der Waals surface area contributed by atoms with Gasteiger partial charge in [0, 0.05) is 38.3 Å². The van der Waals surface area contributed by atoms with Gasteiger partial charge in [0.15, 0.2) is 0 Å². The fourth-order valence-electron chi connectivity index (χ4n) is 3.76. The van der Waals surface area contributed by atoms with E-state index in [2.05, 4.69) is 29.1 Å². The van der Waals surface area contributed by atoms with Gasteiger partial charge in [-0.3, -0.25) is 15.0 Å². The molecule has 120 valence electrons. The number of hydrogen-bond acceptors (Lipinski definition) is 4. The third-order valence-corrected chi connectivity index (χ3v) is 5.56. The Bertz CT molecular complexity index is 394. The molecule has 0 aromatic carbocycles. The Balaban J connectivity index is 1.70. The zero-order valence-electron chi connectivity index (χ0n) is 13.5. The van der Waals surface area contributed by atoms with E-state index in [0.717, 1.165) is 45.4 Å². The number of carbonyl (C=O) groups excluding carboxylic acids is 1. The molecular weight excluding hydrogens is 264 g/mol. The molecule has 0 spiro atoms. The number of carbonyl (C=O) groups is 1. The van der Waals surface area contributed by atoms with Gasteiger partial charge in [-0.25, -0.2) is 0 Å². The lowest BCUT2D eigenvalue weighted by Gasteiger charge is -2.44. The molecule has 21 heavy (non-hydrogen) atoms. The molecule has 2 atom stereocenters. The van der Waals surface area contributed by atoms with Crippen LogP contribution in [-0.4, -0.2) is 66.6 Å². The Morgan fingerprint density at radius 1 is 1.29 bits per heavy atom. The Hall–Kier alpha value is -0.650. The monoisotopic (exact) mass is 294 g/mol. The molecule has 0 radical (unpaired) electrons. The van der Waals surface area contributed by atoms with E-state index in [0.29, 0.717) is 18.0 Å². The summed E-state index contributed by atoms with van der Waals surface area (Å²) in [6.45, 7) is 6.23. The van der Waals surface area contributed by atoms with Crippen molar-refractivity contribution in [3.63, 3.8) is 0 Å². The fraction of sp³-hybridized carbons (Fsp3) is 0.938. The first-order chi connectivity index (χ1) is 10.0. The molecule has 1 amide bonds. The summed E-state index contributed by atoms with van der Waals surface area (Å²) in [6, 6.07) is 1.12. The van der Waals surface area contributed by atoms with Crippen molar-refractivity contribution in [2.24, 2.45) is 11.7 Å². The lowest BCUT2D eigenvalue weighted by atomic mass is 9.90. The van der Waals surface area contributed by atoms with Crippen LogP contribution in [0.3, 0.4) is 0 Å².